The second-order valence-corrected chi connectivity index (χ2v) is 30.2. The topological polar surface area (TPSA) is 100 Å². The van der Waals surface area contributed by atoms with Crippen LogP contribution in [-0.4, -0.2) is 69.6 Å². The Morgan fingerprint density at radius 2 is 1.35 bits per heavy atom. The highest BCUT2D eigenvalue weighted by molar-refractivity contribution is 6.75. The Hall–Kier alpha value is -1.16. The van der Waals surface area contributed by atoms with E-state index in [0.717, 1.165) is 0 Å². The van der Waals surface area contributed by atoms with Gasteiger partial charge in [-0.2, -0.15) is 5.10 Å². The Morgan fingerprint density at radius 3 is 1.85 bits per heavy atom. The summed E-state index contributed by atoms with van der Waals surface area (Å²) in [7, 11) is -6.62. The summed E-state index contributed by atoms with van der Waals surface area (Å²) in [5.74, 6) is 0. The third kappa shape index (κ3) is 6.57. The van der Waals surface area contributed by atoms with Crippen LogP contribution in [0.1, 0.15) is 68.5 Å². The van der Waals surface area contributed by atoms with Crippen LogP contribution in [0.15, 0.2) is 17.3 Å². The fourth-order valence-electron chi connectivity index (χ4n) is 3.91. The predicted molar refractivity (Wildman–Crippen MR) is 169 cm³/mol. The molecule has 0 bridgehead atoms. The lowest BCUT2D eigenvalue weighted by atomic mass is 10.1. The highest BCUT2D eigenvalue weighted by atomic mass is 28.4. The molecule has 3 heterocycles. The van der Waals surface area contributed by atoms with Crippen molar-refractivity contribution in [1.82, 2.24) is 19.7 Å². The lowest BCUT2D eigenvalue weighted by Crippen LogP contribution is -2.54. The van der Waals surface area contributed by atoms with Crippen molar-refractivity contribution in [2.75, 3.05) is 6.61 Å². The lowest BCUT2D eigenvalue weighted by molar-refractivity contribution is -0.0526. The summed E-state index contributed by atoms with van der Waals surface area (Å²) in [6, 6.07) is 0. The molecule has 2 aromatic heterocycles. The minimum atomic E-state index is -2.29. The van der Waals surface area contributed by atoms with Gasteiger partial charge >= 0.3 is 0 Å². The molecule has 40 heavy (non-hydrogen) atoms. The molecule has 1 fully saturated rings. The Morgan fingerprint density at radius 1 is 0.850 bits per heavy atom. The molecular weight excluding hydrogens is 557 g/mol. The van der Waals surface area contributed by atoms with Crippen molar-refractivity contribution in [3.05, 3.63) is 22.9 Å². The summed E-state index contributed by atoms with van der Waals surface area (Å²) in [6.45, 7) is 34.1. The van der Waals surface area contributed by atoms with Crippen LogP contribution >= 0.6 is 0 Å². The summed E-state index contributed by atoms with van der Waals surface area (Å²) >= 11 is 0. The molecule has 12 heteroatoms. The summed E-state index contributed by atoms with van der Waals surface area (Å²) < 4.78 is 29.6. The maximum atomic E-state index is 12.5. The molecule has 0 amide bonds. The SMILES string of the molecule is CC(C)(C)[Si](C)(C)OC[C@H]1O[C@@H](n2ncc3c(=O)[nH]cnc32)[C@H](O[Si](C)(C)C(C)(C)C)[C@@H]1O[Si](C)(C)C(C)(C)C. The summed E-state index contributed by atoms with van der Waals surface area (Å²) in [4.78, 5) is 19.6. The second-order valence-electron chi connectivity index (χ2n) is 15.9. The molecule has 0 radical (unpaired) electrons. The van der Waals surface area contributed by atoms with Gasteiger partial charge in [0, 0.05) is 0 Å². The van der Waals surface area contributed by atoms with E-state index in [4.69, 9.17) is 18.0 Å². The number of aromatic amines is 1. The number of fused-ring (bicyclic) bond motifs is 1. The molecule has 0 saturated carbocycles. The number of hydrogen-bond donors (Lipinski definition) is 1. The van der Waals surface area contributed by atoms with Crippen LogP contribution in [0.5, 0.6) is 0 Å². The van der Waals surface area contributed by atoms with Gasteiger partial charge in [-0.3, -0.25) is 4.79 Å². The van der Waals surface area contributed by atoms with Gasteiger partial charge in [0.15, 0.2) is 36.8 Å². The van der Waals surface area contributed by atoms with E-state index in [2.05, 4.69) is 117 Å². The largest absolute Gasteiger partial charge is 0.414 e. The molecule has 2 aromatic rings. The smallest absolute Gasteiger partial charge is 0.261 e. The molecule has 1 aliphatic rings. The zero-order valence-electron chi connectivity index (χ0n) is 27.6. The Balaban J connectivity index is 2.15. The third-order valence-corrected chi connectivity index (χ3v) is 23.3. The van der Waals surface area contributed by atoms with Crippen molar-refractivity contribution in [1.29, 1.82) is 0 Å². The van der Waals surface area contributed by atoms with E-state index >= 15 is 0 Å². The molecule has 228 valence electrons. The van der Waals surface area contributed by atoms with E-state index in [1.54, 1.807) is 10.9 Å². The maximum absolute atomic E-state index is 12.5. The standard InChI is InChI=1S/C28H54N4O5Si3/c1-26(2,3)38(10,11)34-17-20-21(36-39(12,13)27(4,5)6)22(37-40(14,15)28(7,8)9)25(35-20)32-23-19(16-31-32)24(33)30-18-29-23/h16,18,20-22,25H,17H2,1-15H3,(H,29,30,33)/t20-,21-,22-,25-/m1/s1. The molecule has 4 atom stereocenters. The number of nitrogens with zero attached hydrogens (tertiary/aromatic N) is 3. The minimum absolute atomic E-state index is 0.00923. The quantitative estimate of drug-likeness (QED) is 0.327. The number of H-pyrrole nitrogens is 1. The molecule has 0 spiro atoms. The van der Waals surface area contributed by atoms with Gasteiger partial charge in [-0.05, 0) is 54.4 Å². The first-order chi connectivity index (χ1) is 17.9. The second kappa shape index (κ2) is 10.8. The third-order valence-electron chi connectivity index (χ3n) is 9.81. The van der Waals surface area contributed by atoms with Crippen molar-refractivity contribution in [3.8, 4) is 0 Å². The number of ether oxygens (including phenoxy) is 1. The monoisotopic (exact) mass is 610 g/mol. The molecule has 0 aliphatic carbocycles. The first kappa shape index (κ1) is 33.3. The van der Waals surface area contributed by atoms with E-state index in [1.165, 1.54) is 6.33 Å². The van der Waals surface area contributed by atoms with E-state index in [9.17, 15) is 4.79 Å². The lowest BCUT2D eigenvalue weighted by Gasteiger charge is -2.44. The van der Waals surface area contributed by atoms with Gasteiger partial charge in [0.05, 0.1) is 19.1 Å². The average Bonchev–Trinajstić information content (AvgIpc) is 3.32. The van der Waals surface area contributed by atoms with Gasteiger partial charge in [0.2, 0.25) is 0 Å². The molecule has 9 nitrogen and oxygen atoms in total. The summed E-state index contributed by atoms with van der Waals surface area (Å²) in [6.07, 6.45) is 1.14. The van der Waals surface area contributed by atoms with Crippen LogP contribution in [-0.2, 0) is 18.0 Å². The van der Waals surface area contributed by atoms with Crippen LogP contribution in [0.3, 0.4) is 0 Å². The first-order valence-corrected chi connectivity index (χ1v) is 23.2. The predicted octanol–water partition coefficient (Wildman–Crippen LogP) is 6.82. The highest BCUT2D eigenvalue weighted by Gasteiger charge is 2.55. The van der Waals surface area contributed by atoms with E-state index in [0.29, 0.717) is 17.6 Å². The molecular formula is C28H54N4O5Si3. The fourth-order valence-corrected chi connectivity index (χ4v) is 7.53. The van der Waals surface area contributed by atoms with Gasteiger partial charge in [-0.25, -0.2) is 9.67 Å². The molecule has 0 unspecified atom stereocenters. The zero-order chi connectivity index (χ0) is 30.7. The highest BCUT2D eigenvalue weighted by Crippen LogP contribution is 2.46. The fraction of sp³-hybridized carbons (Fsp3) is 0.821. The van der Waals surface area contributed by atoms with E-state index in [-0.39, 0.29) is 32.9 Å². The molecule has 1 N–H and O–H groups in total. The van der Waals surface area contributed by atoms with Crippen molar-refractivity contribution >= 4 is 36.0 Å². The first-order valence-electron chi connectivity index (χ1n) is 14.5. The van der Waals surface area contributed by atoms with E-state index < -0.39 is 37.3 Å². The van der Waals surface area contributed by atoms with Gasteiger partial charge < -0.3 is 23.0 Å². The average molecular weight is 611 g/mol. The van der Waals surface area contributed by atoms with Gasteiger partial charge in [-0.15, -0.1) is 0 Å². The van der Waals surface area contributed by atoms with Crippen molar-refractivity contribution < 1.29 is 18.0 Å². The van der Waals surface area contributed by atoms with Crippen LogP contribution in [0.2, 0.25) is 54.4 Å². The normalized spacial score (nSPS) is 23.8. The number of aromatic nitrogens is 4. The van der Waals surface area contributed by atoms with Gasteiger partial charge in [0.1, 0.15) is 23.7 Å². The van der Waals surface area contributed by atoms with Gasteiger partial charge in [-0.1, -0.05) is 62.3 Å². The Kier molecular flexibility index (Phi) is 9.03. The molecule has 1 saturated heterocycles. The van der Waals surface area contributed by atoms with Crippen LogP contribution in [0.4, 0.5) is 0 Å². The van der Waals surface area contributed by atoms with Crippen LogP contribution < -0.4 is 5.56 Å². The van der Waals surface area contributed by atoms with Crippen molar-refractivity contribution in [2.24, 2.45) is 0 Å². The van der Waals surface area contributed by atoms with Crippen molar-refractivity contribution in [2.45, 2.75) is 141 Å². The number of hydrogen-bond acceptors (Lipinski definition) is 7. The number of nitrogens with one attached hydrogen (secondary N) is 1. The van der Waals surface area contributed by atoms with Gasteiger partial charge in [0.25, 0.3) is 5.56 Å². The molecule has 1 aliphatic heterocycles. The maximum Gasteiger partial charge on any atom is 0.261 e. The Bertz CT molecular complexity index is 1240. The summed E-state index contributed by atoms with van der Waals surface area (Å²) in [5, 5.41) is 5.04. The Labute approximate surface area is 244 Å². The summed E-state index contributed by atoms with van der Waals surface area (Å²) in [5.41, 5.74) is 0.234. The van der Waals surface area contributed by atoms with E-state index in [1.807, 2.05) is 0 Å². The molecule has 0 aromatic carbocycles. The van der Waals surface area contributed by atoms with Crippen LogP contribution in [0.25, 0.3) is 11.0 Å². The zero-order valence-corrected chi connectivity index (χ0v) is 30.6. The van der Waals surface area contributed by atoms with Crippen molar-refractivity contribution in [3.63, 3.8) is 0 Å². The molecule has 3 rings (SSSR count). The van der Waals surface area contributed by atoms with Crippen LogP contribution in [0, 0.1) is 0 Å². The number of rotatable bonds is 8. The minimum Gasteiger partial charge on any atom is -0.414 e.